The van der Waals surface area contributed by atoms with Gasteiger partial charge in [-0.1, -0.05) is 108 Å². The molecule has 14 heteroatoms. The quantitative estimate of drug-likeness (QED) is 0.0545. The molecule has 1 aromatic heterocycles. The lowest BCUT2D eigenvalue weighted by Gasteiger charge is -2.55. The molecule has 0 amide bonds. The van der Waals surface area contributed by atoms with E-state index in [1.807, 2.05) is 112 Å². The Hall–Kier alpha value is -4.86. The van der Waals surface area contributed by atoms with Crippen LogP contribution in [-0.4, -0.2) is 82.2 Å². The van der Waals surface area contributed by atoms with Crippen LogP contribution in [0.3, 0.4) is 0 Å². The van der Waals surface area contributed by atoms with Crippen molar-refractivity contribution in [3.05, 3.63) is 117 Å². The van der Waals surface area contributed by atoms with Crippen LogP contribution in [0.1, 0.15) is 128 Å². The number of halogens is 1. The summed E-state index contributed by atoms with van der Waals surface area (Å²) in [6, 6.07) is 19.0. The van der Waals surface area contributed by atoms with Crippen molar-refractivity contribution in [1.82, 2.24) is 10.1 Å². The molecule has 0 saturated carbocycles. The fourth-order valence-corrected chi connectivity index (χ4v) is 11.2. The van der Waals surface area contributed by atoms with E-state index in [0.717, 1.165) is 30.4 Å². The van der Waals surface area contributed by atoms with Crippen molar-refractivity contribution < 1.29 is 47.0 Å². The van der Waals surface area contributed by atoms with E-state index in [1.54, 1.807) is 0 Å². The smallest absolute Gasteiger partial charge is 0.265 e. The number of carbonyl (C=O) groups is 2. The number of unbranched alkanes of at least 4 members (excludes halogenated alkanes) is 2. The first-order valence-corrected chi connectivity index (χ1v) is 26.3. The first-order chi connectivity index (χ1) is 31.5. The van der Waals surface area contributed by atoms with Gasteiger partial charge in [0.2, 0.25) is 5.78 Å². The summed E-state index contributed by atoms with van der Waals surface area (Å²) < 4.78 is 56.3. The van der Waals surface area contributed by atoms with Gasteiger partial charge >= 0.3 is 0 Å². The van der Waals surface area contributed by atoms with Crippen molar-refractivity contribution in [3.63, 3.8) is 0 Å². The number of anilines is 1. The van der Waals surface area contributed by atoms with Gasteiger partial charge < -0.3 is 37.9 Å². The molecule has 0 spiro atoms. The fraction of sp³-hybridized carbons (Fsp3) is 0.519. The zero-order valence-corrected chi connectivity index (χ0v) is 41.6. The average Bonchev–Trinajstić information content (AvgIpc) is 3.69. The molecule has 1 heterocycles. The summed E-state index contributed by atoms with van der Waals surface area (Å²) in [4.78, 5) is 35.6. The lowest BCUT2D eigenvalue weighted by atomic mass is 9.58. The highest BCUT2D eigenvalue weighted by Gasteiger charge is 2.67. The van der Waals surface area contributed by atoms with Crippen LogP contribution in [0.5, 0.6) is 11.6 Å². The number of rotatable bonds is 19. The lowest BCUT2D eigenvalue weighted by Crippen LogP contribution is -2.65. The van der Waals surface area contributed by atoms with E-state index < -0.39 is 66.3 Å². The minimum absolute atomic E-state index is 0.000156. The molecule has 3 aliphatic carbocycles. The van der Waals surface area contributed by atoms with Gasteiger partial charge in [-0.2, -0.15) is 0 Å². The normalized spacial score (nSPS) is 20.6. The molecule has 0 radical (unpaired) electrons. The number of ketones is 2. The Labute approximate surface area is 390 Å². The summed E-state index contributed by atoms with van der Waals surface area (Å²) in [7, 11) is 3.68. The summed E-state index contributed by atoms with van der Waals surface area (Å²) in [6.07, 6.45) is 2.02. The van der Waals surface area contributed by atoms with Crippen molar-refractivity contribution in [1.29, 1.82) is 0 Å². The predicted molar refractivity (Wildman–Crippen MR) is 254 cm³/mol. The Kier molecular flexibility index (Phi) is 14.7. The van der Waals surface area contributed by atoms with Crippen LogP contribution in [0.2, 0.25) is 18.1 Å². The van der Waals surface area contributed by atoms with Crippen molar-refractivity contribution >= 4 is 25.6 Å². The number of hydrogen-bond donors (Lipinski definition) is 1. The number of allylic oxidation sites excluding steroid dienone is 1. The van der Waals surface area contributed by atoms with Gasteiger partial charge in [0.1, 0.15) is 17.1 Å². The first-order valence-electron chi connectivity index (χ1n) is 23.4. The summed E-state index contributed by atoms with van der Waals surface area (Å²) >= 11 is 0. The molecule has 1 N–H and O–H groups in total. The summed E-state index contributed by atoms with van der Waals surface area (Å²) in [5, 5.41) is 17.2. The number of ether oxygens (including phenoxy) is 4. The molecule has 4 atom stereocenters. The fourth-order valence-electron chi connectivity index (χ4n) is 9.77. The first kappa shape index (κ1) is 49.1. The molecule has 3 aliphatic rings. The molecule has 12 nitrogen and oxygen atoms in total. The number of Topliss-reactive ketones (excluding diaryl/α,β-unsaturated/α-hetero) is 2. The largest absolute Gasteiger partial charge is 0.508 e. The second-order valence-corrected chi connectivity index (χ2v) is 24.4. The highest BCUT2D eigenvalue weighted by molar-refractivity contribution is 6.74. The Morgan fingerprint density at radius 2 is 1.48 bits per heavy atom. The Morgan fingerprint density at radius 1 is 0.909 bits per heavy atom. The third-order valence-corrected chi connectivity index (χ3v) is 18.5. The third-order valence-electron chi connectivity index (χ3n) is 14.1. The standard InChI is InChI=1S/C52H68FN3O9Si/c1-12-14-26-62-45-38-35(41(53)39(50(60-8)61-9)43(45)56(30-32-22-18-16-19-23-32)31-33-24-20-17-21-25-33)28-34-29-36-42(55(6)7)46-40(49(54-64-46)63-27-15-13-2)48(59)52(36,47(58)37(34)44(38)57)65-66(10,11)51(3,4)5/h16-25,34,36,42,50,58H,12-15,26-31H2,1-11H3/t34-,36-,42-,52-/m0/s1. The number of aliphatic hydroxyl groups is 1. The topological polar surface area (TPSA) is 133 Å². The van der Waals surface area contributed by atoms with Crippen molar-refractivity contribution in [2.45, 2.75) is 122 Å². The van der Waals surface area contributed by atoms with E-state index in [1.165, 1.54) is 14.2 Å². The van der Waals surface area contributed by atoms with Gasteiger partial charge in [-0.15, -0.1) is 0 Å². The number of carbonyl (C=O) groups excluding carboxylic acids is 2. The van der Waals surface area contributed by atoms with E-state index in [4.69, 9.17) is 27.9 Å². The van der Waals surface area contributed by atoms with Crippen molar-refractivity contribution in [2.75, 3.05) is 46.4 Å². The van der Waals surface area contributed by atoms with E-state index >= 15 is 14.0 Å². The molecular weight excluding hydrogens is 858 g/mol. The van der Waals surface area contributed by atoms with Crippen molar-refractivity contribution in [2.24, 2.45) is 11.8 Å². The molecule has 4 aromatic rings. The zero-order valence-electron chi connectivity index (χ0n) is 40.6. The lowest BCUT2D eigenvalue weighted by molar-refractivity contribution is -0.107. The van der Waals surface area contributed by atoms with Crippen LogP contribution in [0.15, 0.2) is 76.5 Å². The number of aliphatic hydroxyl groups excluding tert-OH is 1. The maximum absolute atomic E-state index is 18.2. The molecule has 0 unspecified atom stereocenters. The number of nitrogens with zero attached hydrogens (tertiary/aromatic N) is 3. The van der Waals surface area contributed by atoms with Gasteiger partial charge in [0.05, 0.1) is 36.1 Å². The van der Waals surface area contributed by atoms with E-state index in [0.29, 0.717) is 37.6 Å². The summed E-state index contributed by atoms with van der Waals surface area (Å²) in [5.74, 6) is -3.31. The van der Waals surface area contributed by atoms with Crippen LogP contribution >= 0.6 is 0 Å². The molecule has 7 rings (SSSR count). The van der Waals surface area contributed by atoms with E-state index in [-0.39, 0.29) is 58.9 Å². The molecular formula is C52H68FN3O9Si. The highest BCUT2D eigenvalue weighted by Crippen LogP contribution is 2.60. The maximum Gasteiger partial charge on any atom is 0.265 e. The molecule has 356 valence electrons. The van der Waals surface area contributed by atoms with Crippen LogP contribution in [0, 0.1) is 17.7 Å². The van der Waals surface area contributed by atoms with Gasteiger partial charge in [0.25, 0.3) is 5.88 Å². The number of methoxy groups -OCH3 is 2. The number of aromatic nitrogens is 1. The molecule has 0 saturated heterocycles. The molecule has 3 aromatic carbocycles. The number of fused-ring (bicyclic) bond motifs is 4. The number of hydrogen-bond acceptors (Lipinski definition) is 12. The average molecular weight is 926 g/mol. The van der Waals surface area contributed by atoms with Gasteiger partial charge in [0, 0.05) is 44.4 Å². The minimum Gasteiger partial charge on any atom is -0.508 e. The van der Waals surface area contributed by atoms with Gasteiger partial charge in [-0.25, -0.2) is 4.39 Å². The SMILES string of the molecule is CCCCOc1noc2c1C(=O)[C@@]1(O[Si](C)(C)C(C)(C)C)C(O)=C3C(=O)c4c(c(F)c(C(OC)OC)c(N(Cc5ccccc5)Cc5ccccc5)c4OCCCC)C[C@H]3C[C@H]1[C@@H]2N(C)C. The van der Waals surface area contributed by atoms with Gasteiger partial charge in [-0.3, -0.25) is 14.5 Å². The van der Waals surface area contributed by atoms with E-state index in [2.05, 4.69) is 25.9 Å². The highest BCUT2D eigenvalue weighted by atomic mass is 28.4. The monoisotopic (exact) mass is 925 g/mol. The second kappa shape index (κ2) is 19.8. The van der Waals surface area contributed by atoms with E-state index in [9.17, 15) is 5.11 Å². The summed E-state index contributed by atoms with van der Waals surface area (Å²) in [6.45, 7) is 15.5. The minimum atomic E-state index is -2.98. The second-order valence-electron chi connectivity index (χ2n) is 19.7. The molecule has 0 fully saturated rings. The van der Waals surface area contributed by atoms with Gasteiger partial charge in [-0.05, 0) is 80.1 Å². The predicted octanol–water partition coefficient (Wildman–Crippen LogP) is 11.1. The van der Waals surface area contributed by atoms with Crippen molar-refractivity contribution in [3.8, 4) is 11.6 Å². The Morgan fingerprint density at radius 3 is 2.02 bits per heavy atom. The molecule has 66 heavy (non-hydrogen) atoms. The zero-order chi connectivity index (χ0) is 47.7. The van der Waals surface area contributed by atoms with Gasteiger partial charge in [0.15, 0.2) is 37.5 Å². The molecule has 0 aliphatic heterocycles. The van der Waals surface area contributed by atoms with Crippen LogP contribution < -0.4 is 14.4 Å². The van der Waals surface area contributed by atoms with Crippen LogP contribution in [0.4, 0.5) is 10.1 Å². The van der Waals surface area contributed by atoms with Crippen LogP contribution in [-0.2, 0) is 33.4 Å². The maximum atomic E-state index is 18.2. The third kappa shape index (κ3) is 8.75. The Bertz CT molecular complexity index is 2370. The Balaban J connectivity index is 1.53. The number of benzene rings is 3. The van der Waals surface area contributed by atoms with Crippen LogP contribution in [0.25, 0.3) is 0 Å². The summed E-state index contributed by atoms with van der Waals surface area (Å²) in [5.41, 5.74) is 0.507. The molecule has 0 bridgehead atoms.